The van der Waals surface area contributed by atoms with Gasteiger partial charge < -0.3 is 9.47 Å². The van der Waals surface area contributed by atoms with E-state index in [1.165, 1.54) is 0 Å². The van der Waals surface area contributed by atoms with Crippen molar-refractivity contribution < 1.29 is 19.1 Å². The molecule has 0 bridgehead atoms. The molecule has 0 unspecified atom stereocenters. The van der Waals surface area contributed by atoms with E-state index in [-0.39, 0.29) is 11.8 Å². The third-order valence-corrected chi connectivity index (χ3v) is 6.63. The van der Waals surface area contributed by atoms with Crippen LogP contribution in [0.4, 0.5) is 4.79 Å². The van der Waals surface area contributed by atoms with Gasteiger partial charge in [0, 0.05) is 4.47 Å². The van der Waals surface area contributed by atoms with Crippen molar-refractivity contribution in [2.45, 2.75) is 13.5 Å². The topological polar surface area (TPSA) is 55.8 Å². The van der Waals surface area contributed by atoms with Gasteiger partial charge in [0.05, 0.1) is 18.1 Å². The first-order valence-electron chi connectivity index (χ1n) is 10.3. The molecule has 0 radical (unpaired) electrons. The monoisotopic (exact) mass is 521 g/mol. The fraction of sp³-hybridized carbons (Fsp3) is 0.154. The Labute approximate surface area is 204 Å². The lowest BCUT2D eigenvalue weighted by Crippen LogP contribution is -2.28. The van der Waals surface area contributed by atoms with E-state index in [0.29, 0.717) is 39.7 Å². The fourth-order valence-corrected chi connectivity index (χ4v) is 4.75. The molecule has 1 aliphatic heterocycles. The number of fused-ring (bicyclic) bond motifs is 1. The van der Waals surface area contributed by atoms with Crippen molar-refractivity contribution in [3.05, 3.63) is 75.1 Å². The van der Waals surface area contributed by atoms with Crippen molar-refractivity contribution >= 4 is 55.7 Å². The van der Waals surface area contributed by atoms with E-state index in [0.717, 1.165) is 33.0 Å². The summed E-state index contributed by atoms with van der Waals surface area (Å²) < 4.78 is 12.7. The van der Waals surface area contributed by atoms with Crippen LogP contribution in [0.3, 0.4) is 0 Å². The number of imide groups is 1. The molecule has 1 heterocycles. The number of halogens is 1. The van der Waals surface area contributed by atoms with Crippen molar-refractivity contribution in [3.63, 3.8) is 0 Å². The second-order valence-corrected chi connectivity index (χ2v) is 9.00. The Kier molecular flexibility index (Phi) is 7.07. The molecule has 166 valence electrons. The molecule has 0 N–H and O–H groups in total. The maximum Gasteiger partial charge on any atom is 0.294 e. The quantitative estimate of drug-likeness (QED) is 0.271. The van der Waals surface area contributed by atoms with Crippen LogP contribution < -0.4 is 9.47 Å². The maximum absolute atomic E-state index is 12.5. The van der Waals surface area contributed by atoms with Crippen LogP contribution in [0.2, 0.25) is 0 Å². The van der Waals surface area contributed by atoms with Crippen LogP contribution in [0, 0.1) is 12.3 Å². The third-order valence-electron chi connectivity index (χ3n) is 5.04. The second kappa shape index (κ2) is 10.2. The SMILES string of the molecule is C#CCN1C(=O)S/C(=C/c2cc(OCC)c(OCc3cccc4ccccc34)cc2Br)C1=O. The van der Waals surface area contributed by atoms with E-state index in [1.807, 2.05) is 37.3 Å². The Morgan fingerprint density at radius 1 is 1.09 bits per heavy atom. The first-order valence-corrected chi connectivity index (χ1v) is 11.9. The minimum absolute atomic E-state index is 0.0473. The van der Waals surface area contributed by atoms with E-state index >= 15 is 0 Å². The van der Waals surface area contributed by atoms with E-state index in [2.05, 4.69) is 40.0 Å². The molecule has 5 nitrogen and oxygen atoms in total. The Bertz CT molecular complexity index is 1310. The Balaban J connectivity index is 1.62. The molecule has 0 spiro atoms. The zero-order chi connectivity index (χ0) is 23.4. The summed E-state index contributed by atoms with van der Waals surface area (Å²) in [6.45, 7) is 2.66. The Hall–Kier alpha value is -3.21. The van der Waals surface area contributed by atoms with Gasteiger partial charge in [0.2, 0.25) is 0 Å². The number of thioether (sulfide) groups is 1. The molecule has 1 fully saturated rings. The lowest BCUT2D eigenvalue weighted by Gasteiger charge is -2.15. The Morgan fingerprint density at radius 2 is 1.85 bits per heavy atom. The van der Waals surface area contributed by atoms with Gasteiger partial charge in [-0.15, -0.1) is 6.42 Å². The van der Waals surface area contributed by atoms with Gasteiger partial charge in [-0.2, -0.15) is 0 Å². The summed E-state index contributed by atoms with van der Waals surface area (Å²) in [7, 11) is 0. The molecule has 1 saturated heterocycles. The van der Waals surface area contributed by atoms with Gasteiger partial charge in [0.25, 0.3) is 11.1 Å². The molecule has 1 aliphatic rings. The zero-order valence-electron chi connectivity index (χ0n) is 17.8. The molecule has 3 aromatic rings. The number of ether oxygens (including phenoxy) is 2. The number of benzene rings is 3. The first kappa shape index (κ1) is 23.0. The number of amides is 2. The van der Waals surface area contributed by atoms with Crippen LogP contribution in [-0.2, 0) is 11.4 Å². The van der Waals surface area contributed by atoms with Gasteiger partial charge in [-0.3, -0.25) is 14.5 Å². The fourth-order valence-electron chi connectivity index (χ4n) is 3.49. The van der Waals surface area contributed by atoms with Crippen LogP contribution in [0.1, 0.15) is 18.1 Å². The van der Waals surface area contributed by atoms with Crippen molar-refractivity contribution in [2.75, 3.05) is 13.2 Å². The number of carbonyl (C=O) groups excluding carboxylic acids is 2. The lowest BCUT2D eigenvalue weighted by molar-refractivity contribution is -0.122. The number of carbonyl (C=O) groups is 2. The molecule has 4 rings (SSSR count). The molecule has 0 aliphatic carbocycles. The average molecular weight is 522 g/mol. The van der Waals surface area contributed by atoms with Crippen LogP contribution in [0.15, 0.2) is 64.0 Å². The number of hydrogen-bond acceptors (Lipinski definition) is 5. The van der Waals surface area contributed by atoms with Crippen LogP contribution in [0.25, 0.3) is 16.8 Å². The predicted molar refractivity (Wildman–Crippen MR) is 135 cm³/mol. The van der Waals surface area contributed by atoms with E-state index < -0.39 is 5.91 Å². The van der Waals surface area contributed by atoms with Gasteiger partial charge in [-0.05, 0) is 58.8 Å². The molecular formula is C26H20BrNO4S. The highest BCUT2D eigenvalue weighted by atomic mass is 79.9. The highest BCUT2D eigenvalue weighted by Gasteiger charge is 2.34. The number of nitrogens with zero attached hydrogens (tertiary/aromatic N) is 1. The minimum atomic E-state index is -0.399. The van der Waals surface area contributed by atoms with Crippen LogP contribution in [-0.4, -0.2) is 29.2 Å². The van der Waals surface area contributed by atoms with Crippen molar-refractivity contribution in [3.8, 4) is 23.8 Å². The number of hydrogen-bond donors (Lipinski definition) is 0. The largest absolute Gasteiger partial charge is 0.490 e. The molecule has 3 aromatic carbocycles. The smallest absolute Gasteiger partial charge is 0.294 e. The van der Waals surface area contributed by atoms with Crippen LogP contribution in [0.5, 0.6) is 11.5 Å². The molecule has 33 heavy (non-hydrogen) atoms. The summed E-state index contributed by atoms with van der Waals surface area (Å²) in [5.74, 6) is 3.07. The van der Waals surface area contributed by atoms with E-state index in [1.54, 1.807) is 12.1 Å². The van der Waals surface area contributed by atoms with Gasteiger partial charge in [-0.25, -0.2) is 0 Å². The average Bonchev–Trinajstić information content (AvgIpc) is 3.08. The van der Waals surface area contributed by atoms with Crippen molar-refractivity contribution in [1.29, 1.82) is 0 Å². The second-order valence-electron chi connectivity index (χ2n) is 7.15. The molecule has 0 saturated carbocycles. The summed E-state index contributed by atoms with van der Waals surface area (Å²) in [6.07, 6.45) is 6.92. The molecule has 0 aromatic heterocycles. The van der Waals surface area contributed by atoms with Crippen LogP contribution >= 0.6 is 27.7 Å². The standard InChI is InChI=1S/C26H20BrNO4S/c1-3-12-28-25(29)24(33-26(28)30)14-19-13-22(31-4-2)23(15-21(19)27)32-16-18-10-7-9-17-8-5-6-11-20(17)18/h1,5-11,13-15H,4,12,16H2,2H3/b24-14+. The van der Waals surface area contributed by atoms with E-state index in [4.69, 9.17) is 15.9 Å². The minimum Gasteiger partial charge on any atom is -0.490 e. The summed E-state index contributed by atoms with van der Waals surface area (Å²) in [4.78, 5) is 25.9. The number of terminal acetylenes is 1. The molecule has 2 amide bonds. The number of rotatable bonds is 7. The zero-order valence-corrected chi connectivity index (χ0v) is 20.2. The maximum atomic E-state index is 12.5. The normalized spacial score (nSPS) is 14.7. The summed E-state index contributed by atoms with van der Waals surface area (Å²) in [5.41, 5.74) is 1.76. The van der Waals surface area contributed by atoms with Gasteiger partial charge in [0.1, 0.15) is 6.61 Å². The van der Waals surface area contributed by atoms with Gasteiger partial charge >= 0.3 is 0 Å². The summed E-state index contributed by atoms with van der Waals surface area (Å²) in [6, 6.07) is 17.9. The highest BCUT2D eigenvalue weighted by molar-refractivity contribution is 9.10. The third kappa shape index (κ3) is 4.92. The molecule has 0 atom stereocenters. The van der Waals surface area contributed by atoms with E-state index in [9.17, 15) is 9.59 Å². The van der Waals surface area contributed by atoms with Gasteiger partial charge in [-0.1, -0.05) is 64.3 Å². The first-order chi connectivity index (χ1) is 16.0. The predicted octanol–water partition coefficient (Wildman–Crippen LogP) is 6.25. The molecular weight excluding hydrogens is 502 g/mol. The Morgan fingerprint density at radius 3 is 2.64 bits per heavy atom. The summed E-state index contributed by atoms with van der Waals surface area (Å²) in [5, 5.41) is 1.91. The van der Waals surface area contributed by atoms with Crippen molar-refractivity contribution in [2.24, 2.45) is 0 Å². The molecule has 7 heteroatoms. The van der Waals surface area contributed by atoms with Gasteiger partial charge in [0.15, 0.2) is 11.5 Å². The van der Waals surface area contributed by atoms with Crippen molar-refractivity contribution in [1.82, 2.24) is 4.90 Å². The highest BCUT2D eigenvalue weighted by Crippen LogP contribution is 2.38. The summed E-state index contributed by atoms with van der Waals surface area (Å²) >= 11 is 4.42. The lowest BCUT2D eigenvalue weighted by atomic mass is 10.1.